The SMILES string of the molecule is CCNC(=NCCc1ccc(NC(C)=O)cc1)N(C)Cc1cccc(F)c1.I. The Morgan fingerprint density at radius 1 is 1.14 bits per heavy atom. The van der Waals surface area contributed by atoms with Crippen molar-refractivity contribution in [2.45, 2.75) is 26.8 Å². The molecule has 0 aliphatic carbocycles. The van der Waals surface area contributed by atoms with Gasteiger partial charge >= 0.3 is 0 Å². The maximum absolute atomic E-state index is 13.4. The predicted molar refractivity (Wildman–Crippen MR) is 124 cm³/mol. The van der Waals surface area contributed by atoms with Crippen LogP contribution in [0.15, 0.2) is 53.5 Å². The van der Waals surface area contributed by atoms with Crippen molar-refractivity contribution in [2.75, 3.05) is 25.5 Å². The third-order valence-corrected chi connectivity index (χ3v) is 3.94. The molecule has 28 heavy (non-hydrogen) atoms. The van der Waals surface area contributed by atoms with Gasteiger partial charge in [-0.25, -0.2) is 4.39 Å². The van der Waals surface area contributed by atoms with E-state index in [9.17, 15) is 9.18 Å². The summed E-state index contributed by atoms with van der Waals surface area (Å²) in [7, 11) is 1.94. The van der Waals surface area contributed by atoms with Gasteiger partial charge in [0.15, 0.2) is 5.96 Å². The normalized spacial score (nSPS) is 10.8. The summed E-state index contributed by atoms with van der Waals surface area (Å²) in [6.45, 7) is 5.49. The van der Waals surface area contributed by atoms with Crippen LogP contribution >= 0.6 is 24.0 Å². The summed E-state index contributed by atoms with van der Waals surface area (Å²) in [5, 5.41) is 6.02. The lowest BCUT2D eigenvalue weighted by atomic mass is 10.1. The van der Waals surface area contributed by atoms with Crippen molar-refractivity contribution >= 4 is 41.5 Å². The molecule has 0 heterocycles. The number of aliphatic imine (C=N–C) groups is 1. The molecule has 1 amide bonds. The van der Waals surface area contributed by atoms with E-state index < -0.39 is 0 Å². The first-order valence-corrected chi connectivity index (χ1v) is 9.08. The van der Waals surface area contributed by atoms with Gasteiger partial charge in [0, 0.05) is 39.3 Å². The fourth-order valence-electron chi connectivity index (χ4n) is 2.70. The average molecular weight is 498 g/mol. The van der Waals surface area contributed by atoms with Crippen LogP contribution in [-0.4, -0.2) is 36.9 Å². The van der Waals surface area contributed by atoms with Gasteiger partial charge in [-0.3, -0.25) is 9.79 Å². The quantitative estimate of drug-likeness (QED) is 0.344. The Hall–Kier alpha value is -2.16. The number of hydrogen-bond acceptors (Lipinski definition) is 2. The van der Waals surface area contributed by atoms with E-state index in [1.165, 1.54) is 19.1 Å². The molecule has 0 radical (unpaired) electrons. The molecular weight excluding hydrogens is 470 g/mol. The lowest BCUT2D eigenvalue weighted by Gasteiger charge is -2.22. The molecule has 5 nitrogen and oxygen atoms in total. The van der Waals surface area contributed by atoms with Crippen LogP contribution in [-0.2, 0) is 17.8 Å². The first-order chi connectivity index (χ1) is 13.0. The van der Waals surface area contributed by atoms with Crippen LogP contribution in [0.4, 0.5) is 10.1 Å². The largest absolute Gasteiger partial charge is 0.357 e. The van der Waals surface area contributed by atoms with E-state index in [4.69, 9.17) is 0 Å². The fraction of sp³-hybridized carbons (Fsp3) is 0.333. The third kappa shape index (κ3) is 8.24. The van der Waals surface area contributed by atoms with E-state index in [0.29, 0.717) is 13.1 Å². The molecule has 0 atom stereocenters. The second kappa shape index (κ2) is 12.3. The number of rotatable bonds is 7. The molecule has 2 N–H and O–H groups in total. The van der Waals surface area contributed by atoms with E-state index in [2.05, 4.69) is 15.6 Å². The maximum Gasteiger partial charge on any atom is 0.221 e. The highest BCUT2D eigenvalue weighted by Crippen LogP contribution is 2.10. The van der Waals surface area contributed by atoms with Crippen molar-refractivity contribution < 1.29 is 9.18 Å². The van der Waals surface area contributed by atoms with Gasteiger partial charge in [0.2, 0.25) is 5.91 Å². The molecule has 0 aliphatic rings. The van der Waals surface area contributed by atoms with E-state index in [1.54, 1.807) is 6.07 Å². The minimum Gasteiger partial charge on any atom is -0.357 e. The number of guanidine groups is 1. The number of nitrogens with one attached hydrogen (secondary N) is 2. The summed E-state index contributed by atoms with van der Waals surface area (Å²) >= 11 is 0. The summed E-state index contributed by atoms with van der Waals surface area (Å²) in [4.78, 5) is 17.7. The number of halogens is 2. The molecule has 2 aromatic rings. The van der Waals surface area contributed by atoms with Gasteiger partial charge in [-0.2, -0.15) is 0 Å². The molecule has 152 valence electrons. The highest BCUT2D eigenvalue weighted by Gasteiger charge is 2.07. The zero-order valence-electron chi connectivity index (χ0n) is 16.5. The fourth-order valence-corrected chi connectivity index (χ4v) is 2.70. The van der Waals surface area contributed by atoms with Crippen molar-refractivity contribution in [3.63, 3.8) is 0 Å². The maximum atomic E-state index is 13.4. The minimum absolute atomic E-state index is 0. The molecule has 0 unspecified atom stereocenters. The van der Waals surface area contributed by atoms with Gasteiger partial charge in [0.25, 0.3) is 0 Å². The monoisotopic (exact) mass is 498 g/mol. The van der Waals surface area contributed by atoms with E-state index in [0.717, 1.165) is 35.7 Å². The second-order valence-electron chi connectivity index (χ2n) is 6.35. The van der Waals surface area contributed by atoms with E-state index in [1.807, 2.05) is 49.2 Å². The Bertz CT molecular complexity index is 780. The number of anilines is 1. The van der Waals surface area contributed by atoms with Gasteiger partial charge in [-0.05, 0) is 48.7 Å². The summed E-state index contributed by atoms with van der Waals surface area (Å²) in [6, 6.07) is 14.4. The van der Waals surface area contributed by atoms with Crippen molar-refractivity contribution in [1.82, 2.24) is 10.2 Å². The summed E-state index contributed by atoms with van der Waals surface area (Å²) < 4.78 is 13.4. The van der Waals surface area contributed by atoms with Crippen LogP contribution in [0.2, 0.25) is 0 Å². The number of hydrogen-bond donors (Lipinski definition) is 2. The molecule has 0 spiro atoms. The molecule has 2 rings (SSSR count). The molecular formula is C21H28FIN4O. The van der Waals surface area contributed by atoms with Crippen LogP contribution in [0.1, 0.15) is 25.0 Å². The van der Waals surface area contributed by atoms with E-state index in [-0.39, 0.29) is 35.7 Å². The van der Waals surface area contributed by atoms with Crippen LogP contribution in [0, 0.1) is 5.82 Å². The predicted octanol–water partition coefficient (Wildman–Crippen LogP) is 4.04. The first kappa shape index (κ1) is 23.9. The molecule has 0 saturated carbocycles. The minimum atomic E-state index is -0.231. The molecule has 0 fully saturated rings. The highest BCUT2D eigenvalue weighted by atomic mass is 127. The Balaban J connectivity index is 0.00000392. The summed E-state index contributed by atoms with van der Waals surface area (Å²) in [5.41, 5.74) is 2.84. The lowest BCUT2D eigenvalue weighted by Crippen LogP contribution is -2.38. The second-order valence-corrected chi connectivity index (χ2v) is 6.35. The Kier molecular flexibility index (Phi) is 10.5. The first-order valence-electron chi connectivity index (χ1n) is 9.08. The number of carbonyl (C=O) groups is 1. The number of benzene rings is 2. The Morgan fingerprint density at radius 2 is 1.86 bits per heavy atom. The molecule has 7 heteroatoms. The van der Waals surface area contributed by atoms with Crippen molar-refractivity contribution in [2.24, 2.45) is 4.99 Å². The van der Waals surface area contributed by atoms with E-state index >= 15 is 0 Å². The van der Waals surface area contributed by atoms with Crippen LogP contribution < -0.4 is 10.6 Å². The molecule has 0 bridgehead atoms. The molecule has 0 aliphatic heterocycles. The molecule has 0 saturated heterocycles. The summed E-state index contributed by atoms with van der Waals surface area (Å²) in [5.74, 6) is 0.478. The van der Waals surface area contributed by atoms with Crippen molar-refractivity contribution in [1.29, 1.82) is 0 Å². The van der Waals surface area contributed by atoms with Gasteiger partial charge in [-0.1, -0.05) is 24.3 Å². The van der Waals surface area contributed by atoms with Crippen LogP contribution in [0.25, 0.3) is 0 Å². The van der Waals surface area contributed by atoms with Gasteiger partial charge < -0.3 is 15.5 Å². The number of carbonyl (C=O) groups excluding carboxylic acids is 1. The standard InChI is InChI=1S/C21H27FN4O.HI/c1-4-23-21(26(3)15-18-6-5-7-19(22)14-18)24-13-12-17-8-10-20(11-9-17)25-16(2)27;/h5-11,14H,4,12-13,15H2,1-3H3,(H,23,24)(H,25,27);1H. The van der Waals surface area contributed by atoms with Gasteiger partial charge in [0.1, 0.15) is 5.82 Å². The zero-order valence-corrected chi connectivity index (χ0v) is 18.9. The van der Waals surface area contributed by atoms with Gasteiger partial charge in [0.05, 0.1) is 0 Å². The Morgan fingerprint density at radius 3 is 2.46 bits per heavy atom. The Labute approximate surface area is 183 Å². The topological polar surface area (TPSA) is 56.7 Å². The van der Waals surface area contributed by atoms with Crippen molar-refractivity contribution in [3.05, 3.63) is 65.5 Å². The van der Waals surface area contributed by atoms with Crippen LogP contribution in [0.3, 0.4) is 0 Å². The number of amides is 1. The van der Waals surface area contributed by atoms with Crippen molar-refractivity contribution in [3.8, 4) is 0 Å². The molecule has 0 aromatic heterocycles. The highest BCUT2D eigenvalue weighted by molar-refractivity contribution is 14.0. The summed E-state index contributed by atoms with van der Waals surface area (Å²) in [6.07, 6.45) is 0.795. The zero-order chi connectivity index (χ0) is 19.6. The van der Waals surface area contributed by atoms with Crippen LogP contribution in [0.5, 0.6) is 0 Å². The third-order valence-electron chi connectivity index (χ3n) is 3.94. The molecule has 2 aromatic carbocycles. The average Bonchev–Trinajstić information content (AvgIpc) is 2.62. The smallest absolute Gasteiger partial charge is 0.221 e. The number of nitrogens with zero attached hydrogens (tertiary/aromatic N) is 2. The van der Waals surface area contributed by atoms with Gasteiger partial charge in [-0.15, -0.1) is 24.0 Å². The lowest BCUT2D eigenvalue weighted by molar-refractivity contribution is -0.114.